The molecule has 0 amide bonds. The number of hydrogen-bond acceptors (Lipinski definition) is 2. The average Bonchev–Trinajstić information content (AvgIpc) is 2.76. The molecular weight excluding hydrogens is 267 g/mol. The fourth-order valence-corrected chi connectivity index (χ4v) is 2.61. The van der Waals surface area contributed by atoms with Crippen LogP contribution in [-0.4, -0.2) is 6.08 Å². The number of hydrogen-bond donors (Lipinski definition) is 0. The van der Waals surface area contributed by atoms with Crippen molar-refractivity contribution in [2.45, 2.75) is 31.2 Å². The molecule has 0 bridgehead atoms. The summed E-state index contributed by atoms with van der Waals surface area (Å²) in [5.74, 6) is -3.43. The third kappa shape index (κ3) is 1.93. The van der Waals surface area contributed by atoms with Crippen LogP contribution in [0.15, 0.2) is 11.1 Å². The van der Waals surface area contributed by atoms with Crippen LogP contribution in [0.25, 0.3) is 0 Å². The minimum atomic E-state index is -1.30. The van der Waals surface area contributed by atoms with Gasteiger partial charge in [0, 0.05) is 6.07 Å². The molecule has 0 aliphatic heterocycles. The zero-order valence-electron chi connectivity index (χ0n) is 9.27. The van der Waals surface area contributed by atoms with Crippen LogP contribution in [0.4, 0.5) is 13.2 Å². The quantitative estimate of drug-likeness (QED) is 0.349. The standard InChI is InChI=1S/C12H9ClF3NO/c13-10-8(15)5-7(14)9(11(10)16)12(17-6-18)3-1-2-4-12/h5H,1-4H2. The summed E-state index contributed by atoms with van der Waals surface area (Å²) < 4.78 is 40.8. The molecule has 1 fully saturated rings. The van der Waals surface area contributed by atoms with E-state index in [1.807, 2.05) is 0 Å². The Hall–Kier alpha value is -1.32. The first-order chi connectivity index (χ1) is 8.52. The molecule has 0 N–H and O–H groups in total. The predicted molar refractivity (Wildman–Crippen MR) is 59.6 cm³/mol. The predicted octanol–water partition coefficient (Wildman–Crippen LogP) is 3.86. The summed E-state index contributed by atoms with van der Waals surface area (Å²) in [6.07, 6.45) is 3.34. The smallest absolute Gasteiger partial charge is 0.211 e. The van der Waals surface area contributed by atoms with Crippen molar-refractivity contribution < 1.29 is 18.0 Å². The Balaban J connectivity index is 2.69. The van der Waals surface area contributed by atoms with Crippen molar-refractivity contribution in [3.63, 3.8) is 0 Å². The van der Waals surface area contributed by atoms with Crippen LogP contribution in [0.5, 0.6) is 0 Å². The van der Waals surface area contributed by atoms with Crippen LogP contribution in [0.2, 0.25) is 5.02 Å². The van der Waals surface area contributed by atoms with Crippen molar-refractivity contribution >= 4 is 17.7 Å². The van der Waals surface area contributed by atoms with E-state index in [0.717, 1.165) is 0 Å². The van der Waals surface area contributed by atoms with Gasteiger partial charge in [-0.15, -0.1) is 0 Å². The zero-order chi connectivity index (χ0) is 13.3. The molecule has 2 nitrogen and oxygen atoms in total. The Kier molecular flexibility index (Phi) is 3.46. The molecule has 2 rings (SSSR count). The maximum absolute atomic E-state index is 13.9. The summed E-state index contributed by atoms with van der Waals surface area (Å²) >= 11 is 5.44. The van der Waals surface area contributed by atoms with Crippen LogP contribution in [0.3, 0.4) is 0 Å². The Morgan fingerprint density at radius 2 is 1.83 bits per heavy atom. The molecule has 1 aliphatic carbocycles. The molecular formula is C12H9ClF3NO. The van der Waals surface area contributed by atoms with Crippen LogP contribution >= 0.6 is 11.6 Å². The highest BCUT2D eigenvalue weighted by Crippen LogP contribution is 2.45. The number of isocyanates is 1. The normalized spacial score (nSPS) is 17.6. The first kappa shape index (κ1) is 13.1. The van der Waals surface area contributed by atoms with E-state index in [1.54, 1.807) is 0 Å². The third-order valence-electron chi connectivity index (χ3n) is 3.27. The van der Waals surface area contributed by atoms with Gasteiger partial charge in [0.05, 0.1) is 5.56 Å². The average molecular weight is 276 g/mol. The molecule has 1 aliphatic rings. The lowest BCUT2D eigenvalue weighted by atomic mass is 9.88. The molecule has 1 saturated carbocycles. The van der Waals surface area contributed by atoms with Crippen molar-refractivity contribution in [3.8, 4) is 0 Å². The molecule has 0 heterocycles. The van der Waals surface area contributed by atoms with E-state index in [-0.39, 0.29) is 0 Å². The summed E-state index contributed by atoms with van der Waals surface area (Å²) in [7, 11) is 0. The monoisotopic (exact) mass is 275 g/mol. The van der Waals surface area contributed by atoms with E-state index < -0.39 is 33.6 Å². The molecule has 0 atom stereocenters. The van der Waals surface area contributed by atoms with Gasteiger partial charge >= 0.3 is 0 Å². The molecule has 6 heteroatoms. The Bertz CT molecular complexity index is 535. The maximum atomic E-state index is 13.9. The van der Waals surface area contributed by atoms with Crippen molar-refractivity contribution in [3.05, 3.63) is 34.1 Å². The highest BCUT2D eigenvalue weighted by Gasteiger charge is 2.41. The molecule has 0 radical (unpaired) electrons. The Labute approximate surface area is 106 Å². The van der Waals surface area contributed by atoms with E-state index in [0.29, 0.717) is 31.7 Å². The van der Waals surface area contributed by atoms with Crippen LogP contribution in [-0.2, 0) is 10.3 Å². The summed E-state index contributed by atoms with van der Waals surface area (Å²) in [6.45, 7) is 0. The molecule has 1 aromatic rings. The highest BCUT2D eigenvalue weighted by molar-refractivity contribution is 6.31. The summed E-state index contributed by atoms with van der Waals surface area (Å²) in [6, 6.07) is 0.515. The van der Waals surface area contributed by atoms with E-state index in [9.17, 15) is 18.0 Å². The van der Waals surface area contributed by atoms with E-state index >= 15 is 0 Å². The molecule has 0 aromatic heterocycles. The van der Waals surface area contributed by atoms with Gasteiger partial charge in [0.2, 0.25) is 6.08 Å². The number of rotatable bonds is 2. The third-order valence-corrected chi connectivity index (χ3v) is 3.62. The number of nitrogens with zero attached hydrogens (tertiary/aromatic N) is 1. The fourth-order valence-electron chi connectivity index (χ4n) is 2.46. The van der Waals surface area contributed by atoms with E-state index in [1.165, 1.54) is 6.08 Å². The van der Waals surface area contributed by atoms with Crippen LogP contribution in [0, 0.1) is 17.5 Å². The summed E-state index contributed by atoms with van der Waals surface area (Å²) in [4.78, 5) is 14.0. The molecule has 0 spiro atoms. The molecule has 1 aromatic carbocycles. The minimum absolute atomic E-state index is 0.318. The van der Waals surface area contributed by atoms with Gasteiger partial charge in [-0.2, -0.15) is 4.99 Å². The van der Waals surface area contributed by atoms with Gasteiger partial charge in [-0.05, 0) is 12.8 Å². The van der Waals surface area contributed by atoms with Gasteiger partial charge in [-0.3, -0.25) is 0 Å². The topological polar surface area (TPSA) is 29.4 Å². The Morgan fingerprint density at radius 1 is 1.22 bits per heavy atom. The summed E-state index contributed by atoms with van der Waals surface area (Å²) in [5, 5.41) is -0.779. The maximum Gasteiger partial charge on any atom is 0.235 e. The molecule has 0 saturated heterocycles. The first-order valence-electron chi connectivity index (χ1n) is 5.44. The lowest BCUT2D eigenvalue weighted by Gasteiger charge is -2.24. The van der Waals surface area contributed by atoms with Crippen molar-refractivity contribution in [1.82, 2.24) is 0 Å². The number of halogens is 4. The fraction of sp³-hybridized carbons (Fsp3) is 0.417. The molecule has 18 heavy (non-hydrogen) atoms. The number of carbonyl (C=O) groups excluding carboxylic acids is 1. The second-order valence-corrected chi connectivity index (χ2v) is 4.66. The largest absolute Gasteiger partial charge is 0.235 e. The van der Waals surface area contributed by atoms with E-state index in [4.69, 9.17) is 11.6 Å². The number of aliphatic imine (C=N–C) groups is 1. The van der Waals surface area contributed by atoms with E-state index in [2.05, 4.69) is 4.99 Å². The lowest BCUT2D eigenvalue weighted by Crippen LogP contribution is -2.23. The van der Waals surface area contributed by atoms with Gasteiger partial charge < -0.3 is 0 Å². The van der Waals surface area contributed by atoms with Gasteiger partial charge in [-0.1, -0.05) is 24.4 Å². The molecule has 0 unspecified atom stereocenters. The first-order valence-corrected chi connectivity index (χ1v) is 5.82. The van der Waals surface area contributed by atoms with Crippen molar-refractivity contribution in [1.29, 1.82) is 0 Å². The Morgan fingerprint density at radius 3 is 2.39 bits per heavy atom. The molecule has 96 valence electrons. The lowest BCUT2D eigenvalue weighted by molar-refractivity contribution is 0.399. The zero-order valence-corrected chi connectivity index (χ0v) is 10.0. The summed E-state index contributed by atoms with van der Waals surface area (Å²) in [5.41, 5.74) is -1.73. The van der Waals surface area contributed by atoms with Crippen LogP contribution < -0.4 is 0 Å². The second-order valence-electron chi connectivity index (χ2n) is 4.28. The second kappa shape index (κ2) is 4.75. The minimum Gasteiger partial charge on any atom is -0.211 e. The van der Waals surface area contributed by atoms with Crippen molar-refractivity contribution in [2.24, 2.45) is 4.99 Å². The van der Waals surface area contributed by atoms with Crippen LogP contribution in [0.1, 0.15) is 31.2 Å². The van der Waals surface area contributed by atoms with Gasteiger partial charge in [0.15, 0.2) is 5.82 Å². The van der Waals surface area contributed by atoms with Gasteiger partial charge in [0.25, 0.3) is 0 Å². The SMILES string of the molecule is O=C=NC1(c2c(F)cc(F)c(Cl)c2F)CCCC1. The van der Waals surface area contributed by atoms with Gasteiger partial charge in [-0.25, -0.2) is 18.0 Å². The highest BCUT2D eigenvalue weighted by atomic mass is 35.5. The number of benzene rings is 1. The van der Waals surface area contributed by atoms with Crippen molar-refractivity contribution in [2.75, 3.05) is 0 Å². The van der Waals surface area contributed by atoms with Gasteiger partial charge in [0.1, 0.15) is 22.2 Å².